The number of amides is 2. The molecule has 2 N–H and O–H groups in total. The van der Waals surface area contributed by atoms with Gasteiger partial charge in [-0.05, 0) is 13.8 Å². The molecule has 0 radical (unpaired) electrons. The highest BCUT2D eigenvalue weighted by molar-refractivity contribution is 5.90. The van der Waals surface area contributed by atoms with Crippen LogP contribution in [0.5, 0.6) is 0 Å². The summed E-state index contributed by atoms with van der Waals surface area (Å²) in [5, 5.41) is 6.76. The van der Waals surface area contributed by atoms with Crippen molar-refractivity contribution in [3.8, 4) is 11.3 Å². The first-order valence-corrected chi connectivity index (χ1v) is 9.14. The molecule has 3 rings (SSSR count). The molecule has 0 atom stereocenters. The third-order valence-corrected chi connectivity index (χ3v) is 4.53. The van der Waals surface area contributed by atoms with E-state index >= 15 is 0 Å². The van der Waals surface area contributed by atoms with Gasteiger partial charge < -0.3 is 14.2 Å². The lowest BCUT2D eigenvalue weighted by atomic mass is 10.1. The lowest BCUT2D eigenvalue weighted by Crippen LogP contribution is -3.15. The van der Waals surface area contributed by atoms with Gasteiger partial charge in [-0.2, -0.15) is 0 Å². The smallest absolute Gasteiger partial charge is 0.410 e. The molecule has 0 unspecified atom stereocenters. The van der Waals surface area contributed by atoms with E-state index in [1.54, 1.807) is 17.9 Å². The van der Waals surface area contributed by atoms with Crippen LogP contribution < -0.4 is 10.2 Å². The Bertz CT molecular complexity index is 779. The molecule has 2 amide bonds. The van der Waals surface area contributed by atoms with E-state index in [2.05, 4.69) is 10.5 Å². The number of benzene rings is 1. The van der Waals surface area contributed by atoms with Gasteiger partial charge >= 0.3 is 6.09 Å². The van der Waals surface area contributed by atoms with Crippen LogP contribution in [0.1, 0.15) is 12.5 Å². The first-order valence-electron chi connectivity index (χ1n) is 9.14. The Morgan fingerprint density at radius 2 is 1.96 bits per heavy atom. The van der Waals surface area contributed by atoms with Gasteiger partial charge in [-0.1, -0.05) is 35.0 Å². The number of hydrogen-bond donors (Lipinski definition) is 2. The molecule has 8 heteroatoms. The number of aryl methyl sites for hydroxylation is 1. The Labute approximate surface area is 158 Å². The van der Waals surface area contributed by atoms with Crippen molar-refractivity contribution in [2.24, 2.45) is 0 Å². The molecule has 0 spiro atoms. The number of anilines is 1. The van der Waals surface area contributed by atoms with Gasteiger partial charge in [0.1, 0.15) is 5.69 Å². The van der Waals surface area contributed by atoms with Crippen molar-refractivity contribution in [1.29, 1.82) is 0 Å². The lowest BCUT2D eigenvalue weighted by Gasteiger charge is -2.30. The predicted molar refractivity (Wildman–Crippen MR) is 99.5 cm³/mol. The van der Waals surface area contributed by atoms with Gasteiger partial charge in [0.25, 0.3) is 5.91 Å². The summed E-state index contributed by atoms with van der Waals surface area (Å²) in [6.07, 6.45) is -0.286. The van der Waals surface area contributed by atoms with Crippen molar-refractivity contribution in [2.75, 3.05) is 44.6 Å². The fourth-order valence-corrected chi connectivity index (χ4v) is 3.00. The minimum atomic E-state index is -0.286. The van der Waals surface area contributed by atoms with Crippen LogP contribution in [0, 0.1) is 6.92 Å². The standard InChI is InChI=1S/C19H24N4O4/c1-3-26-19(25)23-10-8-22(9-11-23)13-17(24)20-18-12-16(21-27-18)15-6-4-14(2)5-7-15/h4-7,12H,3,8-11,13H2,1-2H3,(H,20,24)/p+1. The average molecular weight is 373 g/mol. The van der Waals surface area contributed by atoms with Crippen molar-refractivity contribution < 1.29 is 23.7 Å². The van der Waals surface area contributed by atoms with Gasteiger partial charge in [-0.25, -0.2) is 4.79 Å². The number of aromatic nitrogens is 1. The SMILES string of the molecule is CCOC(=O)N1CC[NH+](CC(=O)Nc2cc(-c3ccc(C)cc3)no2)CC1. The minimum Gasteiger partial charge on any atom is -0.450 e. The molecule has 1 aliphatic heterocycles. The maximum atomic E-state index is 12.3. The van der Waals surface area contributed by atoms with Crippen LogP contribution in [0.2, 0.25) is 0 Å². The first-order chi connectivity index (χ1) is 13.0. The summed E-state index contributed by atoms with van der Waals surface area (Å²) in [5.74, 6) is 0.196. The Morgan fingerprint density at radius 3 is 2.63 bits per heavy atom. The zero-order valence-electron chi connectivity index (χ0n) is 15.7. The Kier molecular flexibility index (Phi) is 6.08. The number of nitrogens with zero attached hydrogens (tertiary/aromatic N) is 2. The summed E-state index contributed by atoms with van der Waals surface area (Å²) in [4.78, 5) is 26.8. The molecule has 2 aromatic rings. The van der Waals surface area contributed by atoms with Crippen LogP contribution in [0.4, 0.5) is 10.7 Å². The summed E-state index contributed by atoms with van der Waals surface area (Å²) in [7, 11) is 0. The van der Waals surface area contributed by atoms with E-state index in [0.29, 0.717) is 50.9 Å². The molecule has 1 aromatic heterocycles. The molecular formula is C19H25N4O4+. The largest absolute Gasteiger partial charge is 0.450 e. The number of carbonyl (C=O) groups excluding carboxylic acids is 2. The third-order valence-electron chi connectivity index (χ3n) is 4.53. The Balaban J connectivity index is 1.48. The van der Waals surface area contributed by atoms with Crippen LogP contribution in [-0.4, -0.2) is 61.4 Å². The summed E-state index contributed by atoms with van der Waals surface area (Å²) in [6.45, 7) is 7.08. The Morgan fingerprint density at radius 1 is 1.26 bits per heavy atom. The van der Waals surface area contributed by atoms with Crippen molar-refractivity contribution in [3.05, 3.63) is 35.9 Å². The molecule has 1 aromatic carbocycles. The molecule has 0 saturated carbocycles. The van der Waals surface area contributed by atoms with Crippen LogP contribution in [-0.2, 0) is 9.53 Å². The van der Waals surface area contributed by atoms with E-state index in [4.69, 9.17) is 9.26 Å². The predicted octanol–water partition coefficient (Wildman–Crippen LogP) is 0.946. The molecule has 27 heavy (non-hydrogen) atoms. The fraction of sp³-hybridized carbons (Fsp3) is 0.421. The van der Waals surface area contributed by atoms with Crippen molar-refractivity contribution in [3.63, 3.8) is 0 Å². The fourth-order valence-electron chi connectivity index (χ4n) is 3.00. The number of rotatable bonds is 5. The molecule has 1 aliphatic rings. The average Bonchev–Trinajstić information content (AvgIpc) is 3.11. The van der Waals surface area contributed by atoms with Crippen LogP contribution in [0.15, 0.2) is 34.9 Å². The second-order valence-electron chi connectivity index (χ2n) is 6.60. The van der Waals surface area contributed by atoms with Crippen molar-refractivity contribution in [1.82, 2.24) is 10.1 Å². The topological polar surface area (TPSA) is 89.1 Å². The zero-order valence-corrected chi connectivity index (χ0v) is 15.7. The maximum absolute atomic E-state index is 12.3. The molecular weight excluding hydrogens is 348 g/mol. The summed E-state index contributed by atoms with van der Waals surface area (Å²) >= 11 is 0. The van der Waals surface area contributed by atoms with Gasteiger partial charge in [-0.3, -0.25) is 15.0 Å². The molecule has 1 fully saturated rings. The van der Waals surface area contributed by atoms with E-state index in [0.717, 1.165) is 10.5 Å². The molecule has 2 heterocycles. The van der Waals surface area contributed by atoms with Gasteiger partial charge in [0.2, 0.25) is 5.88 Å². The van der Waals surface area contributed by atoms with Gasteiger partial charge in [0.05, 0.1) is 32.8 Å². The zero-order chi connectivity index (χ0) is 19.2. The molecule has 8 nitrogen and oxygen atoms in total. The second kappa shape index (κ2) is 8.68. The highest BCUT2D eigenvalue weighted by atomic mass is 16.6. The van der Waals surface area contributed by atoms with E-state index in [-0.39, 0.29) is 12.0 Å². The number of hydrogen-bond acceptors (Lipinski definition) is 5. The summed E-state index contributed by atoms with van der Waals surface area (Å²) < 4.78 is 10.2. The van der Waals surface area contributed by atoms with E-state index in [1.807, 2.05) is 31.2 Å². The van der Waals surface area contributed by atoms with E-state index in [1.165, 1.54) is 5.56 Å². The molecule has 0 bridgehead atoms. The highest BCUT2D eigenvalue weighted by Gasteiger charge is 2.26. The quantitative estimate of drug-likeness (QED) is 0.814. The highest BCUT2D eigenvalue weighted by Crippen LogP contribution is 2.21. The second-order valence-corrected chi connectivity index (χ2v) is 6.60. The molecule has 1 saturated heterocycles. The van der Waals surface area contributed by atoms with Crippen LogP contribution >= 0.6 is 0 Å². The number of nitrogens with one attached hydrogen (secondary N) is 2. The minimum absolute atomic E-state index is 0.138. The number of piperazine rings is 1. The van der Waals surface area contributed by atoms with Crippen LogP contribution in [0.25, 0.3) is 11.3 Å². The van der Waals surface area contributed by atoms with Crippen LogP contribution in [0.3, 0.4) is 0 Å². The monoisotopic (exact) mass is 373 g/mol. The molecule has 144 valence electrons. The third kappa shape index (κ3) is 5.07. The summed E-state index contributed by atoms with van der Waals surface area (Å²) in [6, 6.07) is 9.65. The Hall–Kier alpha value is -2.87. The first kappa shape index (κ1) is 18.9. The lowest BCUT2D eigenvalue weighted by molar-refractivity contribution is -0.895. The van der Waals surface area contributed by atoms with Crippen molar-refractivity contribution in [2.45, 2.75) is 13.8 Å². The van der Waals surface area contributed by atoms with Crippen molar-refractivity contribution >= 4 is 17.9 Å². The maximum Gasteiger partial charge on any atom is 0.410 e. The molecule has 0 aliphatic carbocycles. The van der Waals surface area contributed by atoms with E-state index in [9.17, 15) is 9.59 Å². The van der Waals surface area contributed by atoms with Gasteiger partial charge in [0.15, 0.2) is 6.54 Å². The number of quaternary nitrogens is 1. The normalized spacial score (nSPS) is 14.8. The summed E-state index contributed by atoms with van der Waals surface area (Å²) in [5.41, 5.74) is 2.79. The number of ether oxygens (including phenoxy) is 1. The van der Waals surface area contributed by atoms with Gasteiger partial charge in [-0.15, -0.1) is 0 Å². The van der Waals surface area contributed by atoms with Gasteiger partial charge in [0, 0.05) is 11.6 Å². The number of carbonyl (C=O) groups is 2. The van der Waals surface area contributed by atoms with E-state index < -0.39 is 0 Å².